The van der Waals surface area contributed by atoms with Crippen molar-refractivity contribution in [3.63, 3.8) is 0 Å². The average molecular weight is 469 g/mol. The maximum absolute atomic E-state index is 14.3. The summed E-state index contributed by atoms with van der Waals surface area (Å²) in [5, 5.41) is 0. The standard InChI is InChI=1S/C27H21BrN2O/c28-22-8-6-7-21(17-22)19-27(18-20-13-15-29-16-14-20)24-11-4-5-12-25(24)30(26(27)31)23-9-2-1-3-10-23/h1-17H,18-19H2. The number of hydrogen-bond acceptors (Lipinski definition) is 2. The molecule has 0 saturated carbocycles. The maximum atomic E-state index is 14.3. The highest BCUT2D eigenvalue weighted by Gasteiger charge is 2.51. The summed E-state index contributed by atoms with van der Waals surface area (Å²) in [5.41, 5.74) is 4.45. The summed E-state index contributed by atoms with van der Waals surface area (Å²) < 4.78 is 1.02. The Kier molecular flexibility index (Phi) is 5.16. The molecule has 152 valence electrons. The van der Waals surface area contributed by atoms with Crippen LogP contribution in [0.15, 0.2) is 108 Å². The number of nitrogens with zero attached hydrogens (tertiary/aromatic N) is 2. The van der Waals surface area contributed by atoms with Gasteiger partial charge in [0.15, 0.2) is 0 Å². The van der Waals surface area contributed by atoms with Crippen molar-refractivity contribution in [3.8, 4) is 0 Å². The van der Waals surface area contributed by atoms with E-state index in [1.165, 1.54) is 0 Å². The van der Waals surface area contributed by atoms with Gasteiger partial charge in [0.1, 0.15) is 0 Å². The monoisotopic (exact) mass is 468 g/mol. The fourth-order valence-corrected chi connectivity index (χ4v) is 5.04. The highest BCUT2D eigenvalue weighted by atomic mass is 79.9. The number of carbonyl (C=O) groups excluding carboxylic acids is 1. The minimum Gasteiger partial charge on any atom is -0.280 e. The molecule has 1 aliphatic rings. The third-order valence-electron chi connectivity index (χ3n) is 5.94. The minimum atomic E-state index is -0.700. The highest BCUT2D eigenvalue weighted by Crippen LogP contribution is 2.49. The maximum Gasteiger partial charge on any atom is 0.242 e. The zero-order valence-electron chi connectivity index (χ0n) is 16.9. The molecular weight excluding hydrogens is 448 g/mol. The number of carbonyl (C=O) groups is 1. The van der Waals surface area contributed by atoms with Gasteiger partial charge in [0.05, 0.1) is 11.1 Å². The van der Waals surface area contributed by atoms with Crippen LogP contribution in [0.5, 0.6) is 0 Å². The van der Waals surface area contributed by atoms with E-state index in [1.807, 2.05) is 71.6 Å². The number of pyridine rings is 1. The lowest BCUT2D eigenvalue weighted by Gasteiger charge is -2.29. The van der Waals surface area contributed by atoms with Crippen LogP contribution in [0.1, 0.15) is 16.7 Å². The van der Waals surface area contributed by atoms with E-state index in [-0.39, 0.29) is 5.91 Å². The molecule has 3 aromatic carbocycles. The van der Waals surface area contributed by atoms with Crippen molar-refractivity contribution in [1.29, 1.82) is 0 Å². The Balaban J connectivity index is 1.70. The fourth-order valence-electron chi connectivity index (χ4n) is 4.59. The molecule has 4 heteroatoms. The summed E-state index contributed by atoms with van der Waals surface area (Å²) in [6.45, 7) is 0. The minimum absolute atomic E-state index is 0.108. The molecule has 1 unspecified atom stereocenters. The topological polar surface area (TPSA) is 33.2 Å². The number of para-hydroxylation sites is 2. The SMILES string of the molecule is O=C1N(c2ccccc2)c2ccccc2C1(Cc1ccncc1)Cc1cccc(Br)c1. The summed E-state index contributed by atoms with van der Waals surface area (Å²) in [7, 11) is 0. The molecule has 4 aromatic rings. The van der Waals surface area contributed by atoms with Crippen LogP contribution in [0.4, 0.5) is 11.4 Å². The van der Waals surface area contributed by atoms with E-state index in [9.17, 15) is 4.79 Å². The first kappa shape index (κ1) is 19.7. The molecule has 3 nitrogen and oxygen atoms in total. The van der Waals surface area contributed by atoms with Gasteiger partial charge in [0.25, 0.3) is 0 Å². The largest absolute Gasteiger partial charge is 0.280 e. The third kappa shape index (κ3) is 3.57. The van der Waals surface area contributed by atoms with Crippen molar-refractivity contribution < 1.29 is 4.79 Å². The number of amides is 1. The Morgan fingerprint density at radius 3 is 2.26 bits per heavy atom. The van der Waals surface area contributed by atoms with E-state index in [2.05, 4.69) is 45.2 Å². The molecule has 0 aliphatic carbocycles. The van der Waals surface area contributed by atoms with Crippen molar-refractivity contribution >= 4 is 33.2 Å². The number of benzene rings is 3. The molecule has 0 bridgehead atoms. The van der Waals surface area contributed by atoms with Crippen molar-refractivity contribution in [3.05, 3.63) is 125 Å². The second-order valence-electron chi connectivity index (χ2n) is 7.91. The lowest BCUT2D eigenvalue weighted by molar-refractivity contribution is -0.122. The zero-order chi connectivity index (χ0) is 21.3. The number of halogens is 1. The number of aromatic nitrogens is 1. The number of anilines is 2. The van der Waals surface area contributed by atoms with Gasteiger partial charge >= 0.3 is 0 Å². The van der Waals surface area contributed by atoms with E-state index < -0.39 is 5.41 Å². The van der Waals surface area contributed by atoms with Gasteiger partial charge in [0.2, 0.25) is 5.91 Å². The highest BCUT2D eigenvalue weighted by molar-refractivity contribution is 9.10. The molecule has 0 saturated heterocycles. The van der Waals surface area contributed by atoms with Gasteiger partial charge in [-0.2, -0.15) is 0 Å². The van der Waals surface area contributed by atoms with Crippen molar-refractivity contribution in [2.75, 3.05) is 4.90 Å². The van der Waals surface area contributed by atoms with Crippen LogP contribution < -0.4 is 4.90 Å². The first-order valence-electron chi connectivity index (χ1n) is 10.3. The Hall–Kier alpha value is -3.24. The van der Waals surface area contributed by atoms with E-state index in [0.29, 0.717) is 12.8 Å². The Morgan fingerprint density at radius 1 is 0.774 bits per heavy atom. The van der Waals surface area contributed by atoms with E-state index in [0.717, 1.165) is 32.5 Å². The predicted molar refractivity (Wildman–Crippen MR) is 127 cm³/mol. The number of rotatable bonds is 5. The van der Waals surface area contributed by atoms with Crippen LogP contribution >= 0.6 is 15.9 Å². The molecule has 0 N–H and O–H groups in total. The van der Waals surface area contributed by atoms with E-state index in [1.54, 1.807) is 12.4 Å². The molecule has 1 atom stereocenters. The molecule has 1 amide bonds. The number of fused-ring (bicyclic) bond motifs is 1. The molecule has 0 fully saturated rings. The summed E-state index contributed by atoms with van der Waals surface area (Å²) in [6, 6.07) is 30.4. The molecule has 2 heterocycles. The first-order chi connectivity index (χ1) is 15.2. The van der Waals surface area contributed by atoms with Crippen molar-refractivity contribution in [2.45, 2.75) is 18.3 Å². The van der Waals surface area contributed by atoms with Crippen LogP contribution in [-0.4, -0.2) is 10.9 Å². The molecule has 31 heavy (non-hydrogen) atoms. The summed E-state index contributed by atoms with van der Waals surface area (Å²) in [4.78, 5) is 20.3. The smallest absolute Gasteiger partial charge is 0.242 e. The molecule has 1 aliphatic heterocycles. The van der Waals surface area contributed by atoms with Crippen LogP contribution in [0, 0.1) is 0 Å². The van der Waals surface area contributed by atoms with Gasteiger partial charge < -0.3 is 0 Å². The van der Waals surface area contributed by atoms with E-state index in [4.69, 9.17) is 0 Å². The second-order valence-corrected chi connectivity index (χ2v) is 8.83. The van der Waals surface area contributed by atoms with Gasteiger partial charge in [-0.25, -0.2) is 0 Å². The van der Waals surface area contributed by atoms with Gasteiger partial charge in [-0.3, -0.25) is 14.7 Å². The summed E-state index contributed by atoms with van der Waals surface area (Å²) in [6.07, 6.45) is 4.82. The molecule has 0 spiro atoms. The van der Waals surface area contributed by atoms with Crippen molar-refractivity contribution in [1.82, 2.24) is 4.98 Å². The van der Waals surface area contributed by atoms with Crippen LogP contribution in [0.2, 0.25) is 0 Å². The van der Waals surface area contributed by atoms with Gasteiger partial charge in [-0.1, -0.05) is 64.5 Å². The lowest BCUT2D eigenvalue weighted by Crippen LogP contribution is -2.42. The van der Waals surface area contributed by atoms with Gasteiger partial charge in [-0.15, -0.1) is 0 Å². The molecule has 5 rings (SSSR count). The Bertz CT molecular complexity index is 1230. The van der Waals surface area contributed by atoms with Gasteiger partial charge in [-0.05, 0) is 72.0 Å². The average Bonchev–Trinajstić information content (AvgIpc) is 3.03. The van der Waals surface area contributed by atoms with Gasteiger partial charge in [0, 0.05) is 22.6 Å². The molecule has 1 aromatic heterocycles. The van der Waals surface area contributed by atoms with Crippen LogP contribution in [-0.2, 0) is 23.1 Å². The van der Waals surface area contributed by atoms with Crippen LogP contribution in [0.25, 0.3) is 0 Å². The third-order valence-corrected chi connectivity index (χ3v) is 6.43. The molecular formula is C27H21BrN2O. The zero-order valence-corrected chi connectivity index (χ0v) is 18.5. The quantitative estimate of drug-likeness (QED) is 0.347. The fraction of sp³-hybridized carbons (Fsp3) is 0.111. The molecule has 0 radical (unpaired) electrons. The van der Waals surface area contributed by atoms with E-state index >= 15 is 0 Å². The predicted octanol–water partition coefficient (Wildman–Crippen LogP) is 6.25. The van der Waals surface area contributed by atoms with Crippen molar-refractivity contribution in [2.24, 2.45) is 0 Å². The number of hydrogen-bond donors (Lipinski definition) is 0. The normalized spacial score (nSPS) is 17.6. The Labute approximate surface area is 190 Å². The van der Waals surface area contributed by atoms with Crippen LogP contribution in [0.3, 0.4) is 0 Å². The summed E-state index contributed by atoms with van der Waals surface area (Å²) in [5.74, 6) is 0.108. The Morgan fingerprint density at radius 2 is 1.48 bits per heavy atom. The second kappa shape index (κ2) is 8.12. The lowest BCUT2D eigenvalue weighted by atomic mass is 9.72. The summed E-state index contributed by atoms with van der Waals surface area (Å²) >= 11 is 3.59. The first-order valence-corrected chi connectivity index (χ1v) is 11.1.